The van der Waals surface area contributed by atoms with Crippen molar-refractivity contribution in [3.63, 3.8) is 0 Å². The molecule has 3 nitrogen and oxygen atoms in total. The van der Waals surface area contributed by atoms with Gasteiger partial charge in [0.25, 0.3) is 0 Å². The predicted octanol–water partition coefficient (Wildman–Crippen LogP) is 3.50. The number of hydrogen-bond acceptors (Lipinski definition) is 2. The molecular formula is C14H17Cl2NO2. The first kappa shape index (κ1) is 16.0. The van der Waals surface area contributed by atoms with Crippen LogP contribution in [0.2, 0.25) is 10.0 Å². The number of amides is 1. The lowest BCUT2D eigenvalue weighted by atomic mass is 10.2. The Kier molecular flexibility index (Phi) is 6.92. The fourth-order valence-electron chi connectivity index (χ4n) is 1.47. The number of methoxy groups -OCH3 is 1. The fraction of sp³-hybridized carbons (Fsp3) is 0.357. The van der Waals surface area contributed by atoms with Gasteiger partial charge in [-0.1, -0.05) is 29.3 Å². The Morgan fingerprint density at radius 3 is 2.74 bits per heavy atom. The van der Waals surface area contributed by atoms with E-state index in [9.17, 15) is 4.79 Å². The first-order valence-corrected chi connectivity index (χ1v) is 6.67. The zero-order chi connectivity index (χ0) is 14.3. The van der Waals surface area contributed by atoms with Crippen molar-refractivity contribution in [3.05, 3.63) is 39.9 Å². The number of likely N-dealkylation sites (N-methyl/N-ethyl adjacent to an activating group) is 1. The molecule has 104 valence electrons. The largest absolute Gasteiger partial charge is 0.385 e. The van der Waals surface area contributed by atoms with Crippen LogP contribution in [0.5, 0.6) is 0 Å². The quantitative estimate of drug-likeness (QED) is 0.594. The molecule has 0 fully saturated rings. The normalized spacial score (nSPS) is 10.9. The van der Waals surface area contributed by atoms with E-state index in [4.69, 9.17) is 27.9 Å². The number of ether oxygens (including phenoxy) is 1. The van der Waals surface area contributed by atoms with Crippen LogP contribution in [0.25, 0.3) is 6.08 Å². The monoisotopic (exact) mass is 301 g/mol. The molecule has 0 aromatic heterocycles. The Morgan fingerprint density at radius 2 is 2.11 bits per heavy atom. The van der Waals surface area contributed by atoms with E-state index in [1.165, 1.54) is 6.08 Å². The lowest BCUT2D eigenvalue weighted by Crippen LogP contribution is -2.26. The molecule has 0 aliphatic heterocycles. The number of rotatable bonds is 6. The summed E-state index contributed by atoms with van der Waals surface area (Å²) in [5.41, 5.74) is 0.841. The highest BCUT2D eigenvalue weighted by Crippen LogP contribution is 2.23. The Morgan fingerprint density at radius 1 is 1.37 bits per heavy atom. The van der Waals surface area contributed by atoms with E-state index in [2.05, 4.69) is 0 Å². The second-order valence-corrected chi connectivity index (χ2v) is 4.93. The SMILES string of the molecule is COCCCN(C)C(=O)/C=C/c1ccc(Cl)c(Cl)c1. The van der Waals surface area contributed by atoms with E-state index >= 15 is 0 Å². The van der Waals surface area contributed by atoms with Crippen molar-refractivity contribution >= 4 is 35.2 Å². The summed E-state index contributed by atoms with van der Waals surface area (Å²) < 4.78 is 4.94. The maximum absolute atomic E-state index is 11.8. The minimum Gasteiger partial charge on any atom is -0.385 e. The average Bonchev–Trinajstić information content (AvgIpc) is 2.40. The van der Waals surface area contributed by atoms with Gasteiger partial charge >= 0.3 is 0 Å². The van der Waals surface area contributed by atoms with Crippen LogP contribution >= 0.6 is 23.2 Å². The van der Waals surface area contributed by atoms with Crippen molar-refractivity contribution in [3.8, 4) is 0 Å². The molecule has 1 amide bonds. The van der Waals surface area contributed by atoms with Crippen molar-refractivity contribution in [1.29, 1.82) is 0 Å². The molecule has 0 unspecified atom stereocenters. The maximum Gasteiger partial charge on any atom is 0.246 e. The minimum absolute atomic E-state index is 0.0535. The van der Waals surface area contributed by atoms with Crippen molar-refractivity contribution in [2.75, 3.05) is 27.3 Å². The smallest absolute Gasteiger partial charge is 0.246 e. The minimum atomic E-state index is -0.0535. The van der Waals surface area contributed by atoms with Crippen LogP contribution in [-0.2, 0) is 9.53 Å². The summed E-state index contributed by atoms with van der Waals surface area (Å²) in [6, 6.07) is 5.23. The lowest BCUT2D eigenvalue weighted by molar-refractivity contribution is -0.124. The molecule has 5 heteroatoms. The zero-order valence-corrected chi connectivity index (χ0v) is 12.5. The topological polar surface area (TPSA) is 29.5 Å². The summed E-state index contributed by atoms with van der Waals surface area (Å²) in [5.74, 6) is -0.0535. The third-order valence-corrected chi connectivity index (χ3v) is 3.32. The number of nitrogens with zero attached hydrogens (tertiary/aromatic N) is 1. The van der Waals surface area contributed by atoms with E-state index in [-0.39, 0.29) is 5.91 Å². The van der Waals surface area contributed by atoms with Gasteiger partial charge in [-0.25, -0.2) is 0 Å². The van der Waals surface area contributed by atoms with Crippen LogP contribution in [0.4, 0.5) is 0 Å². The number of benzene rings is 1. The molecule has 0 aliphatic rings. The van der Waals surface area contributed by atoms with Crippen molar-refractivity contribution < 1.29 is 9.53 Å². The average molecular weight is 302 g/mol. The molecule has 0 bridgehead atoms. The molecule has 0 radical (unpaired) electrons. The maximum atomic E-state index is 11.8. The summed E-state index contributed by atoms with van der Waals surface area (Å²) in [5, 5.41) is 0.978. The molecule has 1 rings (SSSR count). The van der Waals surface area contributed by atoms with Crippen molar-refractivity contribution in [1.82, 2.24) is 4.90 Å². The van der Waals surface area contributed by atoms with E-state index in [0.717, 1.165) is 12.0 Å². The van der Waals surface area contributed by atoms with Crippen LogP contribution in [0.3, 0.4) is 0 Å². The molecular weight excluding hydrogens is 285 g/mol. The van der Waals surface area contributed by atoms with Crippen LogP contribution in [-0.4, -0.2) is 38.1 Å². The van der Waals surface area contributed by atoms with Gasteiger partial charge in [-0.05, 0) is 30.2 Å². The van der Waals surface area contributed by atoms with Crippen LogP contribution in [0.15, 0.2) is 24.3 Å². The van der Waals surface area contributed by atoms with Crippen LogP contribution in [0.1, 0.15) is 12.0 Å². The van der Waals surface area contributed by atoms with Gasteiger partial charge in [0.2, 0.25) is 5.91 Å². The van der Waals surface area contributed by atoms with Gasteiger partial charge in [0.15, 0.2) is 0 Å². The van der Waals surface area contributed by atoms with E-state index in [1.54, 1.807) is 37.3 Å². The molecule has 0 atom stereocenters. The highest BCUT2D eigenvalue weighted by atomic mass is 35.5. The molecule has 19 heavy (non-hydrogen) atoms. The first-order valence-electron chi connectivity index (χ1n) is 5.91. The van der Waals surface area contributed by atoms with Gasteiger partial charge in [-0.3, -0.25) is 4.79 Å². The molecule has 0 saturated carbocycles. The fourth-order valence-corrected chi connectivity index (χ4v) is 1.77. The Hall–Kier alpha value is -1.03. The van der Waals surface area contributed by atoms with Gasteiger partial charge < -0.3 is 9.64 Å². The Labute approximate surface area is 123 Å². The Bertz CT molecular complexity index is 461. The summed E-state index contributed by atoms with van der Waals surface area (Å²) in [4.78, 5) is 13.4. The third-order valence-electron chi connectivity index (χ3n) is 2.58. The van der Waals surface area contributed by atoms with E-state index in [1.807, 2.05) is 6.07 Å². The second-order valence-electron chi connectivity index (χ2n) is 4.11. The number of halogens is 2. The zero-order valence-electron chi connectivity index (χ0n) is 11.0. The molecule has 0 spiro atoms. The number of carbonyl (C=O) groups excluding carboxylic acids is 1. The summed E-state index contributed by atoms with van der Waals surface area (Å²) >= 11 is 11.7. The van der Waals surface area contributed by atoms with Gasteiger partial charge in [0.05, 0.1) is 10.0 Å². The molecule has 0 heterocycles. The Balaban J connectivity index is 2.55. The van der Waals surface area contributed by atoms with Crippen LogP contribution < -0.4 is 0 Å². The second kappa shape index (κ2) is 8.20. The molecule has 0 saturated heterocycles. The molecule has 0 N–H and O–H groups in total. The van der Waals surface area contributed by atoms with Crippen molar-refractivity contribution in [2.24, 2.45) is 0 Å². The highest BCUT2D eigenvalue weighted by molar-refractivity contribution is 6.42. The van der Waals surface area contributed by atoms with Gasteiger partial charge in [0, 0.05) is 33.4 Å². The molecule has 1 aromatic rings. The van der Waals surface area contributed by atoms with Gasteiger partial charge in [-0.15, -0.1) is 0 Å². The van der Waals surface area contributed by atoms with Gasteiger partial charge in [-0.2, -0.15) is 0 Å². The number of carbonyl (C=O) groups is 1. The standard InChI is InChI=1S/C14H17Cl2NO2/c1-17(8-3-9-19-2)14(18)7-5-11-4-6-12(15)13(16)10-11/h4-7,10H,3,8-9H2,1-2H3/b7-5+. The molecule has 0 aliphatic carbocycles. The predicted molar refractivity (Wildman–Crippen MR) is 79.6 cm³/mol. The third kappa shape index (κ3) is 5.64. The molecule has 1 aromatic carbocycles. The number of hydrogen-bond donors (Lipinski definition) is 0. The summed E-state index contributed by atoms with van der Waals surface area (Å²) in [6.07, 6.45) is 4.06. The lowest BCUT2D eigenvalue weighted by Gasteiger charge is -2.14. The van der Waals surface area contributed by atoms with E-state index < -0.39 is 0 Å². The van der Waals surface area contributed by atoms with Crippen molar-refractivity contribution in [2.45, 2.75) is 6.42 Å². The van der Waals surface area contributed by atoms with Gasteiger partial charge in [0.1, 0.15) is 0 Å². The van der Waals surface area contributed by atoms with E-state index in [0.29, 0.717) is 23.2 Å². The highest BCUT2D eigenvalue weighted by Gasteiger charge is 2.04. The summed E-state index contributed by atoms with van der Waals surface area (Å²) in [7, 11) is 3.41. The van der Waals surface area contributed by atoms with Crippen LogP contribution in [0, 0.1) is 0 Å². The summed E-state index contributed by atoms with van der Waals surface area (Å²) in [6.45, 7) is 1.31. The first-order chi connectivity index (χ1) is 9.04.